The summed E-state index contributed by atoms with van der Waals surface area (Å²) in [6.45, 7) is 1.16. The monoisotopic (exact) mass is 584 g/mol. The fourth-order valence-electron chi connectivity index (χ4n) is 4.17. The van der Waals surface area contributed by atoms with Crippen molar-refractivity contribution in [2.45, 2.75) is 4.90 Å². The van der Waals surface area contributed by atoms with E-state index in [1.54, 1.807) is 47.5 Å². The van der Waals surface area contributed by atoms with E-state index in [1.807, 2.05) is 36.4 Å². The highest BCUT2D eigenvalue weighted by molar-refractivity contribution is 9.10. The van der Waals surface area contributed by atoms with Gasteiger partial charge in [-0.3, -0.25) is 9.78 Å². The number of amides is 1. The van der Waals surface area contributed by atoms with E-state index in [4.69, 9.17) is 11.6 Å². The summed E-state index contributed by atoms with van der Waals surface area (Å²) in [5.74, 6) is -0.120. The van der Waals surface area contributed by atoms with Crippen molar-refractivity contribution in [2.24, 2.45) is 0 Å². The zero-order valence-electron chi connectivity index (χ0n) is 19.1. The zero-order chi connectivity index (χ0) is 25.3. The van der Waals surface area contributed by atoms with Crippen LogP contribution in [0.2, 0.25) is 5.02 Å². The van der Waals surface area contributed by atoms with Crippen molar-refractivity contribution in [3.05, 3.63) is 94.1 Å². The van der Waals surface area contributed by atoms with Crippen molar-refractivity contribution < 1.29 is 13.2 Å². The number of carbonyl (C=O) groups excluding carboxylic acids is 1. The van der Waals surface area contributed by atoms with E-state index in [2.05, 4.69) is 26.2 Å². The average molecular weight is 586 g/mol. The lowest BCUT2D eigenvalue weighted by molar-refractivity contribution is 0.0698. The molecule has 3 aromatic carbocycles. The van der Waals surface area contributed by atoms with Crippen LogP contribution in [0.5, 0.6) is 0 Å². The van der Waals surface area contributed by atoms with Gasteiger partial charge >= 0.3 is 0 Å². The number of fused-ring (bicyclic) bond motifs is 1. The minimum atomic E-state index is -3.61. The van der Waals surface area contributed by atoms with E-state index >= 15 is 0 Å². The summed E-state index contributed by atoms with van der Waals surface area (Å²) in [4.78, 5) is 19.3. The van der Waals surface area contributed by atoms with Crippen molar-refractivity contribution >= 4 is 65.7 Å². The van der Waals surface area contributed by atoms with E-state index in [9.17, 15) is 13.2 Å². The molecule has 1 aliphatic rings. The molecule has 0 aliphatic carbocycles. The molecule has 0 unspecified atom stereocenters. The van der Waals surface area contributed by atoms with Gasteiger partial charge in [0.15, 0.2) is 0 Å². The maximum atomic E-state index is 13.1. The summed E-state index contributed by atoms with van der Waals surface area (Å²) in [6.07, 6.45) is 1.72. The largest absolute Gasteiger partial charge is 0.355 e. The van der Waals surface area contributed by atoms with Crippen LogP contribution in [0.1, 0.15) is 10.4 Å². The third-order valence-corrected chi connectivity index (χ3v) is 8.70. The third kappa shape index (κ3) is 5.10. The number of piperazine rings is 1. The lowest BCUT2D eigenvalue weighted by Gasteiger charge is -2.34. The molecule has 1 amide bonds. The molecule has 0 spiro atoms. The lowest BCUT2D eigenvalue weighted by Crippen LogP contribution is -2.50. The SMILES string of the molecule is O=C(c1ccc(Nc2ccnc3cc(Cl)ccc23)cc1)N1CCN(S(=O)(=O)c2cccc(Br)c2)CC1. The van der Waals surface area contributed by atoms with Crippen molar-refractivity contribution in [2.75, 3.05) is 31.5 Å². The van der Waals surface area contributed by atoms with Crippen LogP contribution in [-0.4, -0.2) is 54.7 Å². The summed E-state index contributed by atoms with van der Waals surface area (Å²) in [7, 11) is -3.61. The molecule has 0 atom stereocenters. The van der Waals surface area contributed by atoms with Crippen LogP contribution in [0.25, 0.3) is 10.9 Å². The second kappa shape index (κ2) is 10.2. The highest BCUT2D eigenvalue weighted by Crippen LogP contribution is 2.27. The average Bonchev–Trinajstić information content (AvgIpc) is 2.89. The number of hydrogen-bond acceptors (Lipinski definition) is 5. The quantitative estimate of drug-likeness (QED) is 0.333. The highest BCUT2D eigenvalue weighted by atomic mass is 79.9. The van der Waals surface area contributed by atoms with E-state index in [1.165, 1.54) is 4.31 Å². The number of hydrogen-bond donors (Lipinski definition) is 1. The van der Waals surface area contributed by atoms with Gasteiger partial charge in [0.2, 0.25) is 10.0 Å². The molecule has 1 fully saturated rings. The van der Waals surface area contributed by atoms with E-state index in [-0.39, 0.29) is 23.9 Å². The molecule has 184 valence electrons. The smallest absolute Gasteiger partial charge is 0.253 e. The summed E-state index contributed by atoms with van der Waals surface area (Å²) in [5.41, 5.74) is 3.06. The second-order valence-electron chi connectivity index (χ2n) is 8.38. The number of carbonyl (C=O) groups is 1. The number of anilines is 2. The highest BCUT2D eigenvalue weighted by Gasteiger charge is 2.30. The molecule has 2 heterocycles. The van der Waals surface area contributed by atoms with Crippen LogP contribution < -0.4 is 5.32 Å². The Morgan fingerprint density at radius 2 is 1.69 bits per heavy atom. The van der Waals surface area contributed by atoms with Gasteiger partial charge in [0.1, 0.15) is 0 Å². The van der Waals surface area contributed by atoms with Crippen LogP contribution in [-0.2, 0) is 10.0 Å². The van der Waals surface area contributed by atoms with Gasteiger partial charge in [-0.05, 0) is 66.7 Å². The molecule has 5 rings (SSSR count). The number of rotatable bonds is 5. The molecule has 0 radical (unpaired) electrons. The van der Waals surface area contributed by atoms with Crippen molar-refractivity contribution in [1.29, 1.82) is 0 Å². The van der Waals surface area contributed by atoms with Gasteiger partial charge in [0, 0.05) is 64.2 Å². The Bertz CT molecular complexity index is 1540. The number of nitrogens with one attached hydrogen (secondary N) is 1. The molecule has 36 heavy (non-hydrogen) atoms. The Morgan fingerprint density at radius 3 is 2.42 bits per heavy atom. The summed E-state index contributed by atoms with van der Waals surface area (Å²) in [6, 6.07) is 21.3. The second-order valence-corrected chi connectivity index (χ2v) is 11.7. The Morgan fingerprint density at radius 1 is 0.944 bits per heavy atom. The number of sulfonamides is 1. The first-order valence-corrected chi connectivity index (χ1v) is 13.9. The first-order valence-electron chi connectivity index (χ1n) is 11.3. The third-order valence-electron chi connectivity index (χ3n) is 6.08. The standard InChI is InChI=1S/C26H22BrClN4O3S/c27-19-2-1-3-22(16-19)36(34,35)32-14-12-31(13-15-32)26(33)18-4-7-21(8-5-18)30-24-10-11-29-25-17-20(28)6-9-23(24)25/h1-11,16-17H,12-15H2,(H,29,30). The minimum absolute atomic E-state index is 0.120. The first-order chi connectivity index (χ1) is 17.3. The van der Waals surface area contributed by atoms with E-state index < -0.39 is 10.0 Å². The van der Waals surface area contributed by atoms with Crippen molar-refractivity contribution in [3.63, 3.8) is 0 Å². The van der Waals surface area contributed by atoms with Crippen molar-refractivity contribution in [3.8, 4) is 0 Å². The summed E-state index contributed by atoms with van der Waals surface area (Å²) >= 11 is 9.40. The van der Waals surface area contributed by atoms with Crippen LogP contribution >= 0.6 is 27.5 Å². The minimum Gasteiger partial charge on any atom is -0.355 e. The molecule has 4 aromatic rings. The Hall–Kier alpha value is -2.98. The summed E-state index contributed by atoms with van der Waals surface area (Å²) in [5, 5.41) is 4.94. The van der Waals surface area contributed by atoms with Crippen LogP contribution in [0.15, 0.2) is 88.4 Å². The first kappa shape index (κ1) is 24.7. The number of nitrogens with zero attached hydrogens (tertiary/aromatic N) is 3. The number of benzene rings is 3. The van der Waals surface area contributed by atoms with Gasteiger partial charge in [-0.15, -0.1) is 0 Å². The lowest BCUT2D eigenvalue weighted by atomic mass is 10.1. The van der Waals surface area contributed by atoms with Gasteiger partial charge in [0.05, 0.1) is 10.4 Å². The molecule has 1 saturated heterocycles. The molecule has 0 bridgehead atoms. The molecular weight excluding hydrogens is 564 g/mol. The fraction of sp³-hybridized carbons (Fsp3) is 0.154. The van der Waals surface area contributed by atoms with E-state index in [0.717, 1.165) is 22.3 Å². The maximum absolute atomic E-state index is 13.1. The van der Waals surface area contributed by atoms with Crippen LogP contribution in [0, 0.1) is 0 Å². The predicted octanol–water partition coefficient (Wildman–Crippen LogP) is 5.54. The van der Waals surface area contributed by atoms with Gasteiger partial charge in [0.25, 0.3) is 5.91 Å². The predicted molar refractivity (Wildman–Crippen MR) is 145 cm³/mol. The molecular formula is C26H22BrClN4O3S. The molecule has 7 nitrogen and oxygen atoms in total. The van der Waals surface area contributed by atoms with Gasteiger partial charge in [-0.1, -0.05) is 33.6 Å². The van der Waals surface area contributed by atoms with Crippen LogP contribution in [0.4, 0.5) is 11.4 Å². The number of aromatic nitrogens is 1. The number of pyridine rings is 1. The topological polar surface area (TPSA) is 82.6 Å². The van der Waals surface area contributed by atoms with Crippen molar-refractivity contribution in [1.82, 2.24) is 14.2 Å². The van der Waals surface area contributed by atoms with Gasteiger partial charge in [-0.2, -0.15) is 4.31 Å². The van der Waals surface area contributed by atoms with Gasteiger partial charge < -0.3 is 10.2 Å². The molecule has 0 saturated carbocycles. The number of halogens is 2. The maximum Gasteiger partial charge on any atom is 0.253 e. The Kier molecular flexibility index (Phi) is 6.98. The van der Waals surface area contributed by atoms with Gasteiger partial charge in [-0.25, -0.2) is 8.42 Å². The van der Waals surface area contributed by atoms with Crippen LogP contribution in [0.3, 0.4) is 0 Å². The fourth-order valence-corrected chi connectivity index (χ4v) is 6.36. The van der Waals surface area contributed by atoms with E-state index in [0.29, 0.717) is 28.1 Å². The molecule has 1 aliphatic heterocycles. The molecule has 1 aromatic heterocycles. The molecule has 1 N–H and O–H groups in total. The Labute approximate surface area is 222 Å². The normalized spacial score (nSPS) is 14.7. The Balaban J connectivity index is 1.24. The zero-order valence-corrected chi connectivity index (χ0v) is 22.2. The molecule has 10 heteroatoms. The summed E-state index contributed by atoms with van der Waals surface area (Å²) < 4.78 is 28.0.